The molecule has 4 aromatic carbocycles. The van der Waals surface area contributed by atoms with Gasteiger partial charge in [0.05, 0.1) is 23.3 Å². The third-order valence-electron chi connectivity index (χ3n) is 9.49. The lowest BCUT2D eigenvalue weighted by Gasteiger charge is -2.30. The number of benzene rings is 4. The summed E-state index contributed by atoms with van der Waals surface area (Å²) in [7, 11) is 0. The number of hydrogen-bond donors (Lipinski definition) is 4. The quantitative estimate of drug-likeness (QED) is 0.0778. The average Bonchev–Trinajstić information content (AvgIpc) is 3.64. The molecule has 3 amide bonds. The second-order valence-electron chi connectivity index (χ2n) is 13.4. The summed E-state index contributed by atoms with van der Waals surface area (Å²) in [5.74, 6) is -5.65. The van der Waals surface area contributed by atoms with Gasteiger partial charge in [-0.05, 0) is 65.8 Å². The van der Waals surface area contributed by atoms with Gasteiger partial charge in [0.2, 0.25) is 17.7 Å². The van der Waals surface area contributed by atoms with E-state index in [-0.39, 0.29) is 36.9 Å². The molecule has 0 aromatic heterocycles. The van der Waals surface area contributed by atoms with Crippen molar-refractivity contribution in [3.05, 3.63) is 117 Å². The van der Waals surface area contributed by atoms with Gasteiger partial charge in [0.15, 0.2) is 18.1 Å². The maximum absolute atomic E-state index is 14.3. The summed E-state index contributed by atoms with van der Waals surface area (Å²) in [6, 6.07) is 17.7. The smallest absolute Gasteiger partial charge is 0.339 e. The summed E-state index contributed by atoms with van der Waals surface area (Å²) in [4.78, 5) is 91.0. The number of phenols is 1. The highest BCUT2D eigenvalue weighted by atomic mass is 16.6. The van der Waals surface area contributed by atoms with E-state index < -0.39 is 83.0 Å². The lowest BCUT2D eigenvalue weighted by molar-refractivity contribution is -0.385. The number of nitrogens with zero attached hydrogens (tertiary/aromatic N) is 2. The van der Waals surface area contributed by atoms with Crippen LogP contribution in [0.3, 0.4) is 0 Å². The van der Waals surface area contributed by atoms with Gasteiger partial charge in [0, 0.05) is 19.0 Å². The highest BCUT2D eigenvalue weighted by Gasteiger charge is 2.39. The number of ether oxygens (including phenoxy) is 1. The number of hydrogen-bond acceptors (Lipinski definition) is 10. The Morgan fingerprint density at radius 3 is 2.33 bits per heavy atom. The number of nitro groups is 1. The third-order valence-corrected chi connectivity index (χ3v) is 9.49. The fraction of sp³-hybridized carbons (Fsp3) is 0.300. The van der Waals surface area contributed by atoms with Gasteiger partial charge in [-0.15, -0.1) is 0 Å². The molecule has 3 atom stereocenters. The highest BCUT2D eigenvalue weighted by Crippen LogP contribution is 2.27. The predicted molar refractivity (Wildman–Crippen MR) is 198 cm³/mol. The summed E-state index contributed by atoms with van der Waals surface area (Å²) in [5.41, 5.74) is 1.87. The number of ketones is 1. The maximum atomic E-state index is 14.3. The average molecular weight is 753 g/mol. The predicted octanol–water partition coefficient (Wildman–Crippen LogP) is 3.72. The number of aryl methyl sites for hydroxylation is 2. The van der Waals surface area contributed by atoms with Gasteiger partial charge in [-0.25, -0.2) is 4.79 Å². The van der Waals surface area contributed by atoms with Crippen LogP contribution in [0.1, 0.15) is 51.9 Å². The lowest BCUT2D eigenvalue weighted by Crippen LogP contribution is -2.56. The number of carbonyl (C=O) groups excluding carboxylic acids is 5. The van der Waals surface area contributed by atoms with Crippen LogP contribution < -0.4 is 10.6 Å². The number of carbonyl (C=O) groups is 6. The van der Waals surface area contributed by atoms with E-state index in [1.54, 1.807) is 32.0 Å². The Kier molecular flexibility index (Phi) is 12.6. The van der Waals surface area contributed by atoms with Crippen LogP contribution in [0, 0.1) is 24.0 Å². The fourth-order valence-electron chi connectivity index (χ4n) is 6.78. The van der Waals surface area contributed by atoms with Crippen molar-refractivity contribution < 1.29 is 48.6 Å². The van der Waals surface area contributed by atoms with Crippen LogP contribution in [0.5, 0.6) is 5.75 Å². The van der Waals surface area contributed by atoms with Crippen molar-refractivity contribution in [1.82, 2.24) is 15.5 Å². The fourth-order valence-corrected chi connectivity index (χ4v) is 6.78. The minimum absolute atomic E-state index is 0.0122. The molecule has 4 N–H and O–H groups in total. The molecule has 0 spiro atoms. The van der Waals surface area contributed by atoms with E-state index in [4.69, 9.17) is 4.74 Å². The number of likely N-dealkylation sites (tertiary alicyclic amines) is 1. The van der Waals surface area contributed by atoms with Crippen molar-refractivity contribution in [2.75, 3.05) is 13.2 Å². The van der Waals surface area contributed by atoms with Gasteiger partial charge in [-0.3, -0.25) is 34.1 Å². The zero-order valence-corrected chi connectivity index (χ0v) is 30.2. The third kappa shape index (κ3) is 9.67. The molecule has 4 aromatic rings. The van der Waals surface area contributed by atoms with Gasteiger partial charge in [-0.1, -0.05) is 66.7 Å². The molecule has 55 heavy (non-hydrogen) atoms. The summed E-state index contributed by atoms with van der Waals surface area (Å²) < 4.78 is 5.22. The molecule has 0 bridgehead atoms. The van der Waals surface area contributed by atoms with Gasteiger partial charge in [0.1, 0.15) is 18.1 Å². The van der Waals surface area contributed by atoms with E-state index >= 15 is 0 Å². The van der Waals surface area contributed by atoms with Crippen molar-refractivity contribution in [1.29, 1.82) is 0 Å². The van der Waals surface area contributed by atoms with Gasteiger partial charge in [0.25, 0.3) is 0 Å². The van der Waals surface area contributed by atoms with Crippen LogP contribution in [0.25, 0.3) is 10.8 Å². The first-order chi connectivity index (χ1) is 26.2. The molecular formula is C40H40N4O11. The zero-order valence-electron chi connectivity index (χ0n) is 30.2. The van der Waals surface area contributed by atoms with Crippen molar-refractivity contribution in [2.45, 2.75) is 64.1 Å². The molecule has 1 unspecified atom stereocenters. The summed E-state index contributed by atoms with van der Waals surface area (Å²) in [6.45, 7) is 2.72. The van der Waals surface area contributed by atoms with Crippen molar-refractivity contribution in [3.8, 4) is 5.75 Å². The number of esters is 1. The van der Waals surface area contributed by atoms with Crippen LogP contribution in [0.2, 0.25) is 0 Å². The Morgan fingerprint density at radius 1 is 0.927 bits per heavy atom. The highest BCUT2D eigenvalue weighted by molar-refractivity contribution is 5.99. The summed E-state index contributed by atoms with van der Waals surface area (Å²) in [6.07, 6.45) is -0.586. The van der Waals surface area contributed by atoms with Crippen molar-refractivity contribution in [3.63, 3.8) is 0 Å². The largest absolute Gasteiger partial charge is 0.502 e. The Balaban J connectivity index is 1.34. The molecule has 1 aliphatic rings. The number of amides is 3. The molecule has 0 saturated carbocycles. The number of nitro benzene ring substituents is 1. The van der Waals surface area contributed by atoms with Crippen LogP contribution in [0.4, 0.5) is 5.69 Å². The molecule has 1 heterocycles. The number of rotatable bonds is 15. The second kappa shape index (κ2) is 17.5. The first-order valence-electron chi connectivity index (χ1n) is 17.5. The van der Waals surface area contributed by atoms with Crippen LogP contribution in [-0.4, -0.2) is 86.8 Å². The molecule has 1 aliphatic heterocycles. The number of nitrogens with one attached hydrogen (secondary N) is 2. The monoisotopic (exact) mass is 752 g/mol. The summed E-state index contributed by atoms with van der Waals surface area (Å²) >= 11 is 0. The Labute approximate surface area is 315 Å². The molecule has 0 aliphatic carbocycles. The molecule has 286 valence electrons. The van der Waals surface area contributed by atoms with E-state index in [0.717, 1.165) is 28.5 Å². The minimum Gasteiger partial charge on any atom is -0.502 e. The van der Waals surface area contributed by atoms with Crippen LogP contribution in [-0.2, 0) is 41.6 Å². The molecule has 0 radical (unpaired) electrons. The lowest BCUT2D eigenvalue weighted by atomic mass is 9.97. The number of aromatic hydroxyl groups is 1. The Morgan fingerprint density at radius 2 is 1.62 bits per heavy atom. The normalized spacial score (nSPS) is 14.8. The molecule has 1 fully saturated rings. The van der Waals surface area contributed by atoms with E-state index in [1.807, 2.05) is 42.5 Å². The van der Waals surface area contributed by atoms with Crippen molar-refractivity contribution in [2.24, 2.45) is 0 Å². The topological polar surface area (TPSA) is 223 Å². The number of carboxylic acid groups (broad SMARTS) is 1. The van der Waals surface area contributed by atoms with Gasteiger partial charge < -0.3 is 30.5 Å². The van der Waals surface area contributed by atoms with Crippen LogP contribution in [0.15, 0.2) is 78.9 Å². The number of aliphatic carboxylic acids is 1. The van der Waals surface area contributed by atoms with Gasteiger partial charge in [-0.2, -0.15) is 0 Å². The SMILES string of the molecule is Cc1cccc(C)c1C(=O)OCC(=O)[C@H](CC(=O)O)NC(=O)C1CCCN1C(=O)[C@H](Cc1cccc2ccccc12)NC(=O)Cc1ccc(O)c([N+](=O)[O-])c1. The second-order valence-corrected chi connectivity index (χ2v) is 13.4. The molecule has 5 rings (SSSR count). The molecule has 15 nitrogen and oxygen atoms in total. The Hall–Kier alpha value is -6.64. The molecule has 15 heteroatoms. The number of Topliss-reactive ketones (excluding diaryl/α,β-unsaturated/α-hetero) is 1. The first-order valence-corrected chi connectivity index (χ1v) is 17.5. The van der Waals surface area contributed by atoms with Crippen LogP contribution >= 0.6 is 0 Å². The Bertz CT molecular complexity index is 2140. The van der Waals surface area contributed by atoms with Gasteiger partial charge >= 0.3 is 17.6 Å². The number of fused-ring (bicyclic) bond motifs is 1. The zero-order chi connectivity index (χ0) is 39.8. The van der Waals surface area contributed by atoms with Crippen molar-refractivity contribution >= 4 is 51.9 Å². The van der Waals surface area contributed by atoms with E-state index in [0.29, 0.717) is 17.5 Å². The number of carboxylic acids is 1. The maximum Gasteiger partial charge on any atom is 0.339 e. The minimum atomic E-state index is -1.58. The molecule has 1 saturated heterocycles. The molecular weight excluding hydrogens is 712 g/mol. The summed E-state index contributed by atoms with van der Waals surface area (Å²) in [5, 5.41) is 37.7. The van der Waals surface area contributed by atoms with E-state index in [9.17, 15) is 49.1 Å². The standard InChI is InChI=1S/C40H40N4O11/c1-23-8-5-9-24(2)37(23)40(52)55-22-34(46)29(21-36(48)49)42-38(50)31-14-7-17-43(31)39(51)30(20-27-12-6-11-26-10-3-4-13-28(26)27)41-35(47)19-25-15-16-33(45)32(18-25)44(53)54/h3-6,8-13,15-16,18,29-31,45H,7,14,17,19-22H2,1-2H3,(H,41,47)(H,42,50)(H,48,49)/t29-,30-,31?/m0/s1. The van der Waals surface area contributed by atoms with E-state index in [2.05, 4.69) is 10.6 Å². The van der Waals surface area contributed by atoms with E-state index in [1.165, 1.54) is 11.0 Å². The number of phenolic OH excluding ortho intramolecular Hbond substituents is 1. The first kappa shape index (κ1) is 39.6.